The van der Waals surface area contributed by atoms with Gasteiger partial charge in [-0.15, -0.1) is 0 Å². The summed E-state index contributed by atoms with van der Waals surface area (Å²) < 4.78 is 39.0. The van der Waals surface area contributed by atoms with Crippen molar-refractivity contribution in [3.8, 4) is 0 Å². The Labute approximate surface area is 35.9 Å². The van der Waals surface area contributed by atoms with Crippen LogP contribution in [0.25, 0.3) is 0 Å². The van der Waals surface area contributed by atoms with Gasteiger partial charge in [0.2, 0.25) is 0 Å². The van der Waals surface area contributed by atoms with Crippen molar-refractivity contribution < 1.29 is 17.3 Å². The Kier molecular flexibility index (Phi) is 3.40. The van der Waals surface area contributed by atoms with Gasteiger partial charge in [-0.25, -0.2) is 0 Å². The molecule has 36 valence electrons. The summed E-state index contributed by atoms with van der Waals surface area (Å²) in [4.78, 5) is 0. The molecule has 0 fully saturated rings. The molecule has 0 aliphatic rings. The minimum absolute atomic E-state index is 0. The molecular weight excluding hydrogens is 95.8 g/mol. The van der Waals surface area contributed by atoms with E-state index in [1.165, 1.54) is 0 Å². The summed E-state index contributed by atoms with van der Waals surface area (Å²) in [5.74, 6) is 0. The van der Waals surface area contributed by atoms with Crippen LogP contribution in [-0.4, -0.2) is 17.4 Å². The fourth-order valence-corrected chi connectivity index (χ4v) is 0. The zero-order valence-corrected chi connectivity index (χ0v) is 2.09. The van der Waals surface area contributed by atoms with Gasteiger partial charge in [0.15, 0.2) is 0 Å². The maximum absolute atomic E-state index is 9.75. The van der Waals surface area contributed by atoms with E-state index in [2.05, 4.69) is 0 Å². The van der Waals surface area contributed by atoms with Gasteiger partial charge in [0.25, 0.3) is 0 Å². The second-order valence-electron chi connectivity index (χ2n) is 0.495. The predicted molar refractivity (Wildman–Crippen MR) is 18.7 cm³/mol. The van der Waals surface area contributed by atoms with Crippen LogP contribution in [0.4, 0.5) is 17.3 Å². The van der Waals surface area contributed by atoms with Gasteiger partial charge in [0.1, 0.15) is 0 Å². The van der Waals surface area contributed by atoms with Crippen molar-refractivity contribution >= 4 is 17.4 Å². The summed E-state index contributed by atoms with van der Waals surface area (Å²) in [6.07, 6.45) is 0. The summed E-state index contributed by atoms with van der Waals surface area (Å²) >= 11 is 0. The van der Waals surface area contributed by atoms with E-state index in [1.807, 2.05) is 0 Å². The average molecular weight is 97.8 g/mol. The van der Waals surface area contributed by atoms with Crippen molar-refractivity contribution in [2.45, 2.75) is 0 Å². The Bertz CT molecular complexity index is 23.0. The zero-order valence-electron chi connectivity index (χ0n) is 2.09. The normalized spacial score (nSPS) is 10.0. The molecule has 0 bridgehead atoms. The predicted octanol–water partition coefficient (Wildman–Crippen LogP) is 0.384. The first-order valence-electron chi connectivity index (χ1n) is 0.873. The van der Waals surface area contributed by atoms with E-state index in [1.54, 1.807) is 0 Å². The van der Waals surface area contributed by atoms with Crippen molar-refractivity contribution in [2.24, 2.45) is 0 Å². The van der Waals surface area contributed by atoms with E-state index >= 15 is 0 Å². The van der Waals surface area contributed by atoms with Crippen LogP contribution in [0.15, 0.2) is 0 Å². The summed E-state index contributed by atoms with van der Waals surface area (Å²) in [5, 5.41) is 0. The van der Waals surface area contributed by atoms with Crippen LogP contribution in [0.1, 0.15) is 0 Å². The van der Waals surface area contributed by atoms with E-state index in [-0.39, 0.29) is 10.1 Å². The molecule has 0 aliphatic carbocycles. The molecule has 0 heterocycles. The van der Waals surface area contributed by atoms with Crippen molar-refractivity contribution in [3.05, 3.63) is 0 Å². The molecule has 6 heavy (non-hydrogen) atoms. The first-order valence-corrected chi connectivity index (χ1v) is 0.873. The van der Waals surface area contributed by atoms with Gasteiger partial charge in [0, 0.05) is 0 Å². The standard InChI is InChI=1S/BF4.Be.2H/c2-1(3,4)5;;;/q-1;;;. The fourth-order valence-electron chi connectivity index (χ4n) is 0. The molecular formula is H2BBeF4-. The number of hydrogen-bond acceptors (Lipinski definition) is 0. The third-order valence-electron chi connectivity index (χ3n) is 0. The van der Waals surface area contributed by atoms with E-state index in [9.17, 15) is 17.3 Å². The second kappa shape index (κ2) is 2.18. The van der Waals surface area contributed by atoms with Gasteiger partial charge >= 0.3 is 17.4 Å². The molecule has 0 unspecified atom stereocenters. The molecule has 0 aromatic rings. The van der Waals surface area contributed by atoms with E-state index in [0.717, 1.165) is 0 Å². The van der Waals surface area contributed by atoms with Crippen LogP contribution in [0.3, 0.4) is 0 Å². The summed E-state index contributed by atoms with van der Waals surface area (Å²) in [6.45, 7) is 0. The summed E-state index contributed by atoms with van der Waals surface area (Å²) in [5.41, 5.74) is 0. The van der Waals surface area contributed by atoms with Crippen molar-refractivity contribution in [1.29, 1.82) is 0 Å². The van der Waals surface area contributed by atoms with Gasteiger partial charge < -0.3 is 17.3 Å². The number of hydrogen-bond donors (Lipinski definition) is 0. The Morgan fingerprint density at radius 1 is 0.833 bits per heavy atom. The molecule has 0 atom stereocenters. The van der Waals surface area contributed by atoms with Crippen LogP contribution < -0.4 is 0 Å². The van der Waals surface area contributed by atoms with Crippen LogP contribution in [0.5, 0.6) is 0 Å². The SMILES string of the molecule is F[B-](F)(F)F.[BeH2]. The molecule has 0 aromatic carbocycles. The van der Waals surface area contributed by atoms with Crippen molar-refractivity contribution in [1.82, 2.24) is 0 Å². The first kappa shape index (κ1) is 9.35. The van der Waals surface area contributed by atoms with Crippen molar-refractivity contribution in [2.75, 3.05) is 0 Å². The Hall–Kier alpha value is -0.0462. The van der Waals surface area contributed by atoms with Crippen LogP contribution in [0.2, 0.25) is 0 Å². The van der Waals surface area contributed by atoms with Gasteiger partial charge in [0.05, 0.1) is 0 Å². The molecule has 0 amide bonds. The monoisotopic (exact) mass is 98.0 g/mol. The Morgan fingerprint density at radius 3 is 0.833 bits per heavy atom. The maximum atomic E-state index is 9.75. The molecule has 0 radical (unpaired) electrons. The molecule has 0 rings (SSSR count). The van der Waals surface area contributed by atoms with E-state index in [4.69, 9.17) is 0 Å². The van der Waals surface area contributed by atoms with Crippen molar-refractivity contribution in [3.63, 3.8) is 0 Å². The summed E-state index contributed by atoms with van der Waals surface area (Å²) in [6, 6.07) is 0. The summed E-state index contributed by atoms with van der Waals surface area (Å²) in [7, 11) is -6.00. The van der Waals surface area contributed by atoms with Gasteiger partial charge in [-0.05, 0) is 0 Å². The molecule has 0 saturated carbocycles. The number of rotatable bonds is 0. The average Bonchev–Trinajstić information content (AvgIpc) is 0.722. The van der Waals surface area contributed by atoms with Crippen LogP contribution >= 0.6 is 0 Å². The quantitative estimate of drug-likeness (QED) is 0.303. The first-order chi connectivity index (χ1) is 2.00. The van der Waals surface area contributed by atoms with Gasteiger partial charge in [-0.1, -0.05) is 0 Å². The minimum atomic E-state index is -6.00. The molecule has 0 saturated heterocycles. The third-order valence-corrected chi connectivity index (χ3v) is 0. The van der Waals surface area contributed by atoms with Gasteiger partial charge in [-0.2, -0.15) is 0 Å². The number of halogens is 4. The fraction of sp³-hybridized carbons (Fsp3) is 0. The molecule has 0 aliphatic heterocycles. The Balaban J connectivity index is 0. The molecule has 0 N–H and O–H groups in total. The second-order valence-corrected chi connectivity index (χ2v) is 0.495. The van der Waals surface area contributed by atoms with Gasteiger partial charge in [-0.3, -0.25) is 0 Å². The van der Waals surface area contributed by atoms with E-state index in [0.29, 0.717) is 0 Å². The molecule has 0 aromatic heterocycles. The zero-order chi connectivity index (χ0) is 4.50. The molecule has 6 heteroatoms. The van der Waals surface area contributed by atoms with Crippen LogP contribution in [-0.2, 0) is 0 Å². The van der Waals surface area contributed by atoms with Crippen LogP contribution in [0, 0.1) is 0 Å². The molecule has 0 spiro atoms. The Morgan fingerprint density at radius 2 is 0.833 bits per heavy atom. The molecule has 0 nitrogen and oxygen atoms in total. The topological polar surface area (TPSA) is 0 Å². The van der Waals surface area contributed by atoms with E-state index < -0.39 is 7.25 Å². The third kappa shape index (κ3) is 16100.